The lowest BCUT2D eigenvalue weighted by Gasteiger charge is -1.76. The maximum Gasteiger partial charge on any atom is 0.0466 e. The van der Waals surface area contributed by atoms with Crippen molar-refractivity contribution in [2.75, 3.05) is 13.2 Å². The van der Waals surface area contributed by atoms with Crippen molar-refractivity contribution in [1.29, 1.82) is 0 Å². The summed E-state index contributed by atoms with van der Waals surface area (Å²) in [4.78, 5) is 0. The predicted molar refractivity (Wildman–Crippen MR) is 50.8 cm³/mol. The van der Waals surface area contributed by atoms with E-state index in [1.165, 1.54) is 12.8 Å². The van der Waals surface area contributed by atoms with Crippen molar-refractivity contribution in [3.8, 4) is 0 Å². The zero-order valence-electron chi connectivity index (χ0n) is 7.44. The van der Waals surface area contributed by atoms with Crippen LogP contribution in [0.2, 0.25) is 0 Å². The molecule has 0 aromatic heterocycles. The van der Waals surface area contributed by atoms with Crippen LogP contribution < -0.4 is 0 Å². The minimum Gasteiger partial charge on any atom is -0.381 e. The highest BCUT2D eigenvalue weighted by molar-refractivity contribution is 5.75. The van der Waals surface area contributed by atoms with Crippen LogP contribution in [-0.4, -0.2) is 36.3 Å². The average molecular weight is 165 g/mol. The molecule has 0 unspecified atom stereocenters. The molecule has 1 heterocycles. The maximum atomic E-state index is 4.94. The van der Waals surface area contributed by atoms with Gasteiger partial charge in [-0.15, -0.1) is 0 Å². The van der Waals surface area contributed by atoms with Crippen LogP contribution in [0.4, 0.5) is 0 Å². The summed E-state index contributed by atoms with van der Waals surface area (Å²) in [5, 5.41) is 0. The lowest BCUT2D eigenvalue weighted by atomic mass is 10.4. The highest BCUT2D eigenvalue weighted by Gasteiger charge is 1.94. The normalized spacial score (nSPS) is 13.9. The molecule has 1 rings (SSSR count). The van der Waals surface area contributed by atoms with Crippen LogP contribution in [0.3, 0.4) is 0 Å². The van der Waals surface area contributed by atoms with Gasteiger partial charge in [0.25, 0.3) is 0 Å². The summed E-state index contributed by atoms with van der Waals surface area (Å²) < 4.78 is 4.94. The second-order valence-electron chi connectivity index (χ2n) is 2.37. The molecule has 0 amide bonds. The summed E-state index contributed by atoms with van der Waals surface area (Å²) in [6, 6.07) is 0. The smallest absolute Gasteiger partial charge is 0.0466 e. The van der Waals surface area contributed by atoms with Crippen molar-refractivity contribution in [2.45, 2.75) is 19.8 Å². The van der Waals surface area contributed by atoms with E-state index in [1.807, 2.05) is 6.92 Å². The van der Waals surface area contributed by atoms with Gasteiger partial charge in [0.05, 0.1) is 0 Å². The third-order valence-electron chi connectivity index (χ3n) is 1.18. The van der Waals surface area contributed by atoms with Gasteiger partial charge < -0.3 is 4.74 Å². The Hall–Kier alpha value is 0.206. The largest absolute Gasteiger partial charge is 0.381 e. The van der Waals surface area contributed by atoms with Crippen LogP contribution in [-0.2, 0) is 4.74 Å². The Kier molecular flexibility index (Phi) is 12.8. The first-order valence-electron chi connectivity index (χ1n) is 3.63. The summed E-state index contributed by atoms with van der Waals surface area (Å²) >= 11 is 0. The Labute approximate surface area is 85.7 Å². The topological polar surface area (TPSA) is 9.23 Å². The number of hydrogen-bond donors (Lipinski definition) is 0. The van der Waals surface area contributed by atoms with Crippen molar-refractivity contribution in [3.63, 3.8) is 0 Å². The van der Waals surface area contributed by atoms with Gasteiger partial charge in [-0.1, -0.05) is 24.8 Å². The fourth-order valence-corrected chi connectivity index (χ4v) is 0.510. The van der Waals surface area contributed by atoms with E-state index in [0.717, 1.165) is 18.8 Å². The van der Waals surface area contributed by atoms with Crippen molar-refractivity contribution >= 4 is 23.1 Å². The van der Waals surface area contributed by atoms with Gasteiger partial charge in [-0.2, -0.15) is 0 Å². The summed E-state index contributed by atoms with van der Waals surface area (Å²) in [6.07, 6.45) is 4.28. The van der Waals surface area contributed by atoms with Gasteiger partial charge in [-0.05, 0) is 19.8 Å². The summed E-state index contributed by atoms with van der Waals surface area (Å²) in [5.74, 6) is 0. The molecule has 0 aromatic carbocycles. The van der Waals surface area contributed by atoms with E-state index in [1.54, 1.807) is 6.08 Å². The van der Waals surface area contributed by atoms with E-state index in [9.17, 15) is 0 Å². The molecule has 1 saturated heterocycles. The van der Waals surface area contributed by atoms with E-state index < -0.39 is 0 Å². The number of allylic oxidation sites excluding steroid dienone is 2. The average Bonchev–Trinajstić information content (AvgIpc) is 2.43. The van der Waals surface area contributed by atoms with E-state index in [4.69, 9.17) is 4.74 Å². The molecule has 0 aromatic rings. The van der Waals surface area contributed by atoms with E-state index in [0.29, 0.717) is 0 Å². The third kappa shape index (κ3) is 13.2. The Morgan fingerprint density at radius 3 is 1.82 bits per heavy atom. The van der Waals surface area contributed by atoms with Crippen molar-refractivity contribution < 1.29 is 4.74 Å². The fraction of sp³-hybridized carbons (Fsp3) is 0.556. The van der Waals surface area contributed by atoms with Crippen molar-refractivity contribution in [3.05, 3.63) is 24.8 Å². The molecule has 1 aliphatic heterocycles. The van der Waals surface area contributed by atoms with Gasteiger partial charge in [0, 0.05) is 36.3 Å². The molecule has 0 N–H and O–H groups in total. The van der Waals surface area contributed by atoms with Crippen LogP contribution in [0.5, 0.6) is 0 Å². The minimum absolute atomic E-state index is 0. The molecule has 0 spiro atoms. The quantitative estimate of drug-likeness (QED) is 0.426. The molecule has 1 aliphatic rings. The van der Waals surface area contributed by atoms with Crippen molar-refractivity contribution in [1.82, 2.24) is 0 Å². The standard InChI is InChI=1S/C5H8.C4H8O.Mg/c1-4-5(2)3;1-2-4-5-3-1;/h4H,1-2H2,3H3;1-4H2;. The van der Waals surface area contributed by atoms with Gasteiger partial charge >= 0.3 is 0 Å². The molecule has 0 saturated carbocycles. The molecule has 0 bridgehead atoms. The fourth-order valence-electron chi connectivity index (χ4n) is 0.510. The van der Waals surface area contributed by atoms with Crippen LogP contribution in [0.1, 0.15) is 19.8 Å². The first kappa shape index (κ1) is 13.8. The second-order valence-corrected chi connectivity index (χ2v) is 2.37. The van der Waals surface area contributed by atoms with Gasteiger partial charge in [0.1, 0.15) is 0 Å². The Balaban J connectivity index is 0. The molecule has 2 radical (unpaired) electrons. The number of ether oxygens (including phenoxy) is 1. The highest BCUT2D eigenvalue weighted by Crippen LogP contribution is 1.98. The highest BCUT2D eigenvalue weighted by atomic mass is 24.3. The van der Waals surface area contributed by atoms with Gasteiger partial charge in [0.2, 0.25) is 0 Å². The Morgan fingerprint density at radius 2 is 1.73 bits per heavy atom. The maximum absolute atomic E-state index is 4.94. The predicted octanol–water partition coefficient (Wildman–Crippen LogP) is 2.16. The summed E-state index contributed by atoms with van der Waals surface area (Å²) in [5.41, 5.74) is 1.02. The Bertz CT molecular complexity index is 98.5. The number of rotatable bonds is 1. The lowest BCUT2D eigenvalue weighted by molar-refractivity contribution is 0.198. The first-order chi connectivity index (χ1) is 4.77. The monoisotopic (exact) mass is 164 g/mol. The molecule has 0 atom stereocenters. The van der Waals surface area contributed by atoms with Crippen molar-refractivity contribution in [2.24, 2.45) is 0 Å². The van der Waals surface area contributed by atoms with Gasteiger partial charge in [-0.3, -0.25) is 0 Å². The molecule has 11 heavy (non-hydrogen) atoms. The summed E-state index contributed by atoms with van der Waals surface area (Å²) in [6.45, 7) is 10.9. The van der Waals surface area contributed by atoms with Crippen LogP contribution in [0.15, 0.2) is 24.8 Å². The lowest BCUT2D eigenvalue weighted by Crippen LogP contribution is -1.74. The van der Waals surface area contributed by atoms with E-state index in [2.05, 4.69) is 13.2 Å². The van der Waals surface area contributed by atoms with Crippen LogP contribution >= 0.6 is 0 Å². The number of hydrogen-bond acceptors (Lipinski definition) is 1. The van der Waals surface area contributed by atoms with Gasteiger partial charge in [0.15, 0.2) is 0 Å². The molecular formula is C9H16MgO. The van der Waals surface area contributed by atoms with E-state index in [-0.39, 0.29) is 23.1 Å². The summed E-state index contributed by atoms with van der Waals surface area (Å²) in [7, 11) is 0. The SMILES string of the molecule is C1CCOC1.C=CC(=C)C.[Mg]. The molecule has 2 heteroatoms. The zero-order valence-corrected chi connectivity index (χ0v) is 8.85. The zero-order chi connectivity index (χ0) is 7.82. The van der Waals surface area contributed by atoms with E-state index >= 15 is 0 Å². The van der Waals surface area contributed by atoms with Crippen LogP contribution in [0, 0.1) is 0 Å². The molecule has 1 nitrogen and oxygen atoms in total. The Morgan fingerprint density at radius 1 is 1.36 bits per heavy atom. The van der Waals surface area contributed by atoms with Gasteiger partial charge in [-0.25, -0.2) is 0 Å². The van der Waals surface area contributed by atoms with Crippen LogP contribution in [0.25, 0.3) is 0 Å². The molecule has 60 valence electrons. The second kappa shape index (κ2) is 10.2. The third-order valence-corrected chi connectivity index (χ3v) is 1.18. The minimum atomic E-state index is 0. The molecule has 1 fully saturated rings. The molecule has 0 aliphatic carbocycles. The first-order valence-corrected chi connectivity index (χ1v) is 3.63. The molecular weight excluding hydrogens is 148 g/mol.